The Hall–Kier alpha value is -2.49. The van der Waals surface area contributed by atoms with Crippen LogP contribution >= 0.6 is 0 Å². The first-order valence-corrected chi connectivity index (χ1v) is 7.68. The van der Waals surface area contributed by atoms with Gasteiger partial charge in [0.1, 0.15) is 11.3 Å². The lowest BCUT2D eigenvalue weighted by atomic mass is 10.1. The lowest BCUT2D eigenvalue weighted by Crippen LogP contribution is -2.04. The molecule has 0 spiro atoms. The molecule has 1 fully saturated rings. The highest BCUT2D eigenvalue weighted by Crippen LogP contribution is 2.43. The molecule has 0 radical (unpaired) electrons. The van der Waals surface area contributed by atoms with Gasteiger partial charge in [0.25, 0.3) is 6.01 Å². The van der Waals surface area contributed by atoms with E-state index >= 15 is 0 Å². The van der Waals surface area contributed by atoms with Gasteiger partial charge in [0.15, 0.2) is 5.58 Å². The summed E-state index contributed by atoms with van der Waals surface area (Å²) in [5, 5.41) is 3.39. The second-order valence-electron chi connectivity index (χ2n) is 5.59. The Morgan fingerprint density at radius 2 is 2.14 bits per heavy atom. The van der Waals surface area contributed by atoms with E-state index in [4.69, 9.17) is 9.15 Å². The van der Waals surface area contributed by atoms with Gasteiger partial charge in [0, 0.05) is 12.0 Å². The zero-order valence-corrected chi connectivity index (χ0v) is 12.5. The molecule has 2 atom stereocenters. The van der Waals surface area contributed by atoms with Crippen LogP contribution < -0.4 is 10.1 Å². The smallest absolute Gasteiger partial charge is 0.295 e. The molecule has 0 saturated heterocycles. The molecular formula is C18H18N2O2. The maximum atomic E-state index is 5.72. The van der Waals surface area contributed by atoms with E-state index in [1.807, 2.05) is 37.3 Å². The SMILES string of the molecule is CCOc1cccc([C@@H]2C[C@@H]2Nc2nc3ccccc3o2)c1. The first-order valence-electron chi connectivity index (χ1n) is 7.68. The summed E-state index contributed by atoms with van der Waals surface area (Å²) >= 11 is 0. The summed E-state index contributed by atoms with van der Waals surface area (Å²) in [6, 6.07) is 17.1. The number of aromatic nitrogens is 1. The maximum absolute atomic E-state index is 5.72. The van der Waals surface area contributed by atoms with Crippen molar-refractivity contribution in [3.05, 3.63) is 54.1 Å². The van der Waals surface area contributed by atoms with Crippen LogP contribution in [0, 0.1) is 0 Å². The molecule has 4 heteroatoms. The highest BCUT2D eigenvalue weighted by atomic mass is 16.5. The number of oxazole rings is 1. The number of rotatable bonds is 5. The van der Waals surface area contributed by atoms with Gasteiger partial charge in [-0.05, 0) is 43.2 Å². The quantitative estimate of drug-likeness (QED) is 0.766. The second kappa shape index (κ2) is 5.37. The molecule has 3 aromatic rings. The number of hydrogen-bond acceptors (Lipinski definition) is 4. The van der Waals surface area contributed by atoms with Crippen molar-refractivity contribution in [3.8, 4) is 5.75 Å². The molecule has 4 nitrogen and oxygen atoms in total. The molecule has 1 aliphatic carbocycles. The Balaban J connectivity index is 1.46. The average Bonchev–Trinajstić information content (AvgIpc) is 3.17. The van der Waals surface area contributed by atoms with Crippen molar-refractivity contribution in [3.63, 3.8) is 0 Å². The Morgan fingerprint density at radius 1 is 1.23 bits per heavy atom. The van der Waals surface area contributed by atoms with Crippen LogP contribution in [0.25, 0.3) is 11.1 Å². The van der Waals surface area contributed by atoms with Gasteiger partial charge < -0.3 is 14.5 Å². The molecule has 1 heterocycles. The van der Waals surface area contributed by atoms with Crippen molar-refractivity contribution >= 4 is 17.1 Å². The van der Waals surface area contributed by atoms with E-state index in [2.05, 4.69) is 28.5 Å². The molecule has 0 unspecified atom stereocenters. The number of nitrogens with zero attached hydrogens (tertiary/aromatic N) is 1. The third kappa shape index (κ3) is 2.52. The first kappa shape index (κ1) is 13.2. The summed E-state index contributed by atoms with van der Waals surface area (Å²) in [5.74, 6) is 1.43. The van der Waals surface area contributed by atoms with Crippen molar-refractivity contribution in [2.24, 2.45) is 0 Å². The van der Waals surface area contributed by atoms with E-state index in [9.17, 15) is 0 Å². The molecular weight excluding hydrogens is 276 g/mol. The zero-order valence-electron chi connectivity index (χ0n) is 12.5. The monoisotopic (exact) mass is 294 g/mol. The van der Waals surface area contributed by atoms with Gasteiger partial charge in [-0.3, -0.25) is 0 Å². The van der Waals surface area contributed by atoms with E-state index in [0.717, 1.165) is 23.3 Å². The molecule has 0 amide bonds. The topological polar surface area (TPSA) is 47.3 Å². The van der Waals surface area contributed by atoms with E-state index in [0.29, 0.717) is 24.6 Å². The summed E-state index contributed by atoms with van der Waals surface area (Å²) in [6.45, 7) is 2.69. The Morgan fingerprint density at radius 3 is 3.00 bits per heavy atom. The highest BCUT2D eigenvalue weighted by Gasteiger charge is 2.39. The largest absolute Gasteiger partial charge is 0.494 e. The van der Waals surface area contributed by atoms with Crippen LogP contribution in [0.1, 0.15) is 24.8 Å². The molecule has 1 N–H and O–H groups in total. The summed E-state index contributed by atoms with van der Waals surface area (Å²) < 4.78 is 11.3. The van der Waals surface area contributed by atoms with E-state index in [1.54, 1.807) is 0 Å². The van der Waals surface area contributed by atoms with Crippen LogP contribution in [-0.4, -0.2) is 17.6 Å². The summed E-state index contributed by atoms with van der Waals surface area (Å²) in [7, 11) is 0. The standard InChI is InChI=1S/C18H18N2O2/c1-2-21-13-7-5-6-12(10-13)14-11-16(14)20-18-19-15-8-3-4-9-17(15)22-18/h3-10,14,16H,2,11H2,1H3,(H,19,20)/t14-,16-/m0/s1. The minimum absolute atomic E-state index is 0.380. The van der Waals surface area contributed by atoms with Crippen molar-refractivity contribution in [2.75, 3.05) is 11.9 Å². The number of benzene rings is 2. The maximum Gasteiger partial charge on any atom is 0.295 e. The summed E-state index contributed by atoms with van der Waals surface area (Å²) in [5.41, 5.74) is 3.01. The third-order valence-corrected chi connectivity index (χ3v) is 3.99. The van der Waals surface area contributed by atoms with Crippen LogP contribution in [0.2, 0.25) is 0 Å². The van der Waals surface area contributed by atoms with Crippen molar-refractivity contribution < 1.29 is 9.15 Å². The lowest BCUT2D eigenvalue weighted by molar-refractivity contribution is 0.340. The molecule has 112 valence electrons. The Bertz CT molecular complexity index is 763. The number of fused-ring (bicyclic) bond motifs is 1. The number of para-hydroxylation sites is 2. The predicted octanol–water partition coefficient (Wildman–Crippen LogP) is 4.19. The Labute approximate surface area is 129 Å². The number of ether oxygens (including phenoxy) is 1. The normalized spacial score (nSPS) is 20.0. The van der Waals surface area contributed by atoms with Crippen molar-refractivity contribution in [2.45, 2.75) is 25.3 Å². The number of nitrogens with one attached hydrogen (secondary N) is 1. The van der Waals surface area contributed by atoms with Gasteiger partial charge in [-0.15, -0.1) is 0 Å². The van der Waals surface area contributed by atoms with Gasteiger partial charge in [-0.2, -0.15) is 4.98 Å². The van der Waals surface area contributed by atoms with Gasteiger partial charge in [0.05, 0.1) is 6.61 Å². The highest BCUT2D eigenvalue weighted by molar-refractivity contribution is 5.74. The third-order valence-electron chi connectivity index (χ3n) is 3.99. The predicted molar refractivity (Wildman–Crippen MR) is 86.4 cm³/mol. The minimum atomic E-state index is 0.380. The second-order valence-corrected chi connectivity index (χ2v) is 5.59. The average molecular weight is 294 g/mol. The molecule has 0 aliphatic heterocycles. The van der Waals surface area contributed by atoms with E-state index in [1.165, 1.54) is 5.56 Å². The van der Waals surface area contributed by atoms with Gasteiger partial charge in [-0.25, -0.2) is 0 Å². The number of anilines is 1. The van der Waals surface area contributed by atoms with E-state index < -0.39 is 0 Å². The lowest BCUT2D eigenvalue weighted by Gasteiger charge is -2.06. The molecule has 1 aromatic heterocycles. The van der Waals surface area contributed by atoms with Gasteiger partial charge in [-0.1, -0.05) is 24.3 Å². The van der Waals surface area contributed by atoms with Crippen LogP contribution in [0.15, 0.2) is 52.9 Å². The van der Waals surface area contributed by atoms with Crippen LogP contribution in [0.4, 0.5) is 6.01 Å². The minimum Gasteiger partial charge on any atom is -0.494 e. The van der Waals surface area contributed by atoms with E-state index in [-0.39, 0.29) is 0 Å². The van der Waals surface area contributed by atoms with Crippen LogP contribution in [0.5, 0.6) is 5.75 Å². The molecule has 1 saturated carbocycles. The van der Waals surface area contributed by atoms with Gasteiger partial charge >= 0.3 is 0 Å². The first-order chi connectivity index (χ1) is 10.8. The molecule has 22 heavy (non-hydrogen) atoms. The fraction of sp³-hybridized carbons (Fsp3) is 0.278. The molecule has 2 aromatic carbocycles. The summed E-state index contributed by atoms with van der Waals surface area (Å²) in [4.78, 5) is 4.47. The van der Waals surface area contributed by atoms with Crippen molar-refractivity contribution in [1.82, 2.24) is 4.98 Å². The van der Waals surface area contributed by atoms with Crippen LogP contribution in [-0.2, 0) is 0 Å². The fourth-order valence-corrected chi connectivity index (χ4v) is 2.82. The van der Waals surface area contributed by atoms with Crippen LogP contribution in [0.3, 0.4) is 0 Å². The molecule has 0 bridgehead atoms. The fourth-order valence-electron chi connectivity index (χ4n) is 2.82. The number of hydrogen-bond donors (Lipinski definition) is 1. The molecule has 1 aliphatic rings. The molecule has 4 rings (SSSR count). The zero-order chi connectivity index (χ0) is 14.9. The summed E-state index contributed by atoms with van der Waals surface area (Å²) in [6.07, 6.45) is 1.09. The van der Waals surface area contributed by atoms with Gasteiger partial charge in [0.2, 0.25) is 0 Å². The Kier molecular flexibility index (Phi) is 3.22. The van der Waals surface area contributed by atoms with Crippen molar-refractivity contribution in [1.29, 1.82) is 0 Å².